The smallest absolute Gasteiger partial charge is 0.190 e. The minimum Gasteiger partial charge on any atom is -0.382 e. The van der Waals surface area contributed by atoms with Gasteiger partial charge in [0.2, 0.25) is 0 Å². The number of unbranched alkanes of at least 4 members (excludes halogenated alkanes) is 1. The molecule has 6 nitrogen and oxygen atoms in total. The van der Waals surface area contributed by atoms with Crippen LogP contribution in [0.4, 0.5) is 0 Å². The fraction of sp³-hybridized carbons (Fsp3) is 0.938. The van der Waals surface area contributed by atoms with Crippen molar-refractivity contribution in [2.24, 2.45) is 10.9 Å². The second kappa shape index (κ2) is 16.7. The van der Waals surface area contributed by atoms with Crippen molar-refractivity contribution >= 4 is 29.9 Å². The Bertz CT molecular complexity index is 288. The predicted molar refractivity (Wildman–Crippen MR) is 105 cm³/mol. The van der Waals surface area contributed by atoms with Gasteiger partial charge in [0.05, 0.1) is 13.2 Å². The molecule has 0 aliphatic carbocycles. The summed E-state index contributed by atoms with van der Waals surface area (Å²) in [6.07, 6.45) is 4.29. The van der Waals surface area contributed by atoms with Gasteiger partial charge in [-0.1, -0.05) is 0 Å². The van der Waals surface area contributed by atoms with Gasteiger partial charge in [-0.15, -0.1) is 24.0 Å². The molecule has 7 heteroatoms. The summed E-state index contributed by atoms with van der Waals surface area (Å²) < 4.78 is 16.3. The van der Waals surface area contributed by atoms with Crippen LogP contribution in [0.15, 0.2) is 4.99 Å². The lowest BCUT2D eigenvalue weighted by Gasteiger charge is -2.12. The van der Waals surface area contributed by atoms with Crippen LogP contribution in [0, 0.1) is 5.92 Å². The minimum atomic E-state index is 0. The first-order valence-corrected chi connectivity index (χ1v) is 8.54. The number of nitrogens with one attached hydrogen (secondary N) is 2. The third-order valence-corrected chi connectivity index (χ3v) is 3.57. The predicted octanol–water partition coefficient (Wildman–Crippen LogP) is 2.03. The molecule has 0 aromatic rings. The van der Waals surface area contributed by atoms with Crippen molar-refractivity contribution in [2.75, 3.05) is 59.8 Å². The SMILES string of the molecule is CCOCCCCNC(=NC)NCCCOCC1CCOC1.I. The van der Waals surface area contributed by atoms with Crippen molar-refractivity contribution in [2.45, 2.75) is 32.6 Å². The third-order valence-electron chi connectivity index (χ3n) is 3.57. The van der Waals surface area contributed by atoms with Crippen molar-refractivity contribution in [3.8, 4) is 0 Å². The van der Waals surface area contributed by atoms with E-state index >= 15 is 0 Å². The van der Waals surface area contributed by atoms with Gasteiger partial charge in [0.15, 0.2) is 5.96 Å². The zero-order valence-corrected chi connectivity index (χ0v) is 17.0. The zero-order valence-electron chi connectivity index (χ0n) is 14.6. The maximum Gasteiger partial charge on any atom is 0.190 e. The largest absolute Gasteiger partial charge is 0.382 e. The average Bonchev–Trinajstić information content (AvgIpc) is 3.05. The number of rotatable bonds is 12. The first-order chi connectivity index (χ1) is 10.9. The summed E-state index contributed by atoms with van der Waals surface area (Å²) in [4.78, 5) is 4.21. The van der Waals surface area contributed by atoms with Crippen LogP contribution in [0.1, 0.15) is 32.6 Å². The monoisotopic (exact) mass is 443 g/mol. The molecule has 0 amide bonds. The molecule has 0 bridgehead atoms. The van der Waals surface area contributed by atoms with Crippen LogP contribution in [-0.2, 0) is 14.2 Å². The van der Waals surface area contributed by atoms with Gasteiger partial charge >= 0.3 is 0 Å². The summed E-state index contributed by atoms with van der Waals surface area (Å²) >= 11 is 0. The highest BCUT2D eigenvalue weighted by molar-refractivity contribution is 14.0. The summed E-state index contributed by atoms with van der Waals surface area (Å²) in [5, 5.41) is 6.61. The summed E-state index contributed by atoms with van der Waals surface area (Å²) in [5.41, 5.74) is 0. The Morgan fingerprint density at radius 3 is 2.52 bits per heavy atom. The lowest BCUT2D eigenvalue weighted by Crippen LogP contribution is -2.38. The Balaban J connectivity index is 0.00000484. The van der Waals surface area contributed by atoms with E-state index in [4.69, 9.17) is 14.2 Å². The molecule has 138 valence electrons. The van der Waals surface area contributed by atoms with Crippen LogP contribution in [0.25, 0.3) is 0 Å². The normalized spacial score (nSPS) is 17.8. The van der Waals surface area contributed by atoms with Gasteiger partial charge in [-0.25, -0.2) is 0 Å². The highest BCUT2D eigenvalue weighted by Crippen LogP contribution is 2.12. The molecule has 23 heavy (non-hydrogen) atoms. The van der Waals surface area contributed by atoms with Crippen LogP contribution >= 0.6 is 24.0 Å². The molecule has 1 aliphatic heterocycles. The van der Waals surface area contributed by atoms with Gasteiger partial charge in [0.25, 0.3) is 0 Å². The van der Waals surface area contributed by atoms with E-state index in [1.807, 2.05) is 6.92 Å². The zero-order chi connectivity index (χ0) is 15.9. The van der Waals surface area contributed by atoms with Gasteiger partial charge in [0, 0.05) is 52.5 Å². The molecular formula is C16H34IN3O3. The van der Waals surface area contributed by atoms with E-state index in [9.17, 15) is 0 Å². The van der Waals surface area contributed by atoms with Crippen LogP contribution in [-0.4, -0.2) is 65.7 Å². The van der Waals surface area contributed by atoms with Crippen molar-refractivity contribution < 1.29 is 14.2 Å². The number of nitrogens with zero attached hydrogens (tertiary/aromatic N) is 1. The van der Waals surface area contributed by atoms with Gasteiger partial charge in [0.1, 0.15) is 0 Å². The second-order valence-corrected chi connectivity index (χ2v) is 5.49. The van der Waals surface area contributed by atoms with Crippen LogP contribution < -0.4 is 10.6 Å². The topological polar surface area (TPSA) is 64.1 Å². The molecule has 0 radical (unpaired) electrons. The Morgan fingerprint density at radius 2 is 1.87 bits per heavy atom. The Hall–Kier alpha value is -0.120. The molecule has 1 aliphatic rings. The van der Waals surface area contributed by atoms with Gasteiger partial charge in [-0.3, -0.25) is 4.99 Å². The Labute approximate surface area is 158 Å². The van der Waals surface area contributed by atoms with Crippen molar-refractivity contribution in [1.29, 1.82) is 0 Å². The first kappa shape index (κ1) is 22.9. The van der Waals surface area contributed by atoms with E-state index in [1.54, 1.807) is 7.05 Å². The molecule has 0 aromatic carbocycles. The molecule has 1 unspecified atom stereocenters. The van der Waals surface area contributed by atoms with Crippen LogP contribution in [0.3, 0.4) is 0 Å². The highest BCUT2D eigenvalue weighted by Gasteiger charge is 2.15. The second-order valence-electron chi connectivity index (χ2n) is 5.49. The maximum absolute atomic E-state index is 5.67. The lowest BCUT2D eigenvalue weighted by molar-refractivity contribution is 0.0888. The van der Waals surface area contributed by atoms with Gasteiger partial charge < -0.3 is 24.8 Å². The van der Waals surface area contributed by atoms with Crippen molar-refractivity contribution in [1.82, 2.24) is 10.6 Å². The maximum atomic E-state index is 5.67. The molecule has 1 fully saturated rings. The van der Waals surface area contributed by atoms with E-state index in [-0.39, 0.29) is 24.0 Å². The van der Waals surface area contributed by atoms with E-state index in [0.717, 1.165) is 84.4 Å². The van der Waals surface area contributed by atoms with Gasteiger partial charge in [-0.2, -0.15) is 0 Å². The van der Waals surface area contributed by atoms with Crippen molar-refractivity contribution in [3.05, 3.63) is 0 Å². The van der Waals surface area contributed by atoms with E-state index in [1.165, 1.54) is 0 Å². The molecule has 0 saturated carbocycles. The van der Waals surface area contributed by atoms with E-state index in [2.05, 4.69) is 15.6 Å². The molecule has 1 heterocycles. The number of hydrogen-bond donors (Lipinski definition) is 2. The summed E-state index contributed by atoms with van der Waals surface area (Å²) in [6, 6.07) is 0. The third kappa shape index (κ3) is 12.9. The summed E-state index contributed by atoms with van der Waals surface area (Å²) in [6.45, 7) is 8.82. The Kier molecular flexibility index (Phi) is 16.6. The van der Waals surface area contributed by atoms with Crippen molar-refractivity contribution in [3.63, 3.8) is 0 Å². The highest BCUT2D eigenvalue weighted by atomic mass is 127. The molecular weight excluding hydrogens is 409 g/mol. The van der Waals surface area contributed by atoms with E-state index < -0.39 is 0 Å². The fourth-order valence-corrected chi connectivity index (χ4v) is 2.25. The number of halogens is 1. The fourth-order valence-electron chi connectivity index (χ4n) is 2.25. The summed E-state index contributed by atoms with van der Waals surface area (Å²) in [5.74, 6) is 1.46. The van der Waals surface area contributed by atoms with Gasteiger partial charge in [-0.05, 0) is 32.6 Å². The molecule has 2 N–H and O–H groups in total. The lowest BCUT2D eigenvalue weighted by atomic mass is 10.1. The number of hydrogen-bond acceptors (Lipinski definition) is 4. The quantitative estimate of drug-likeness (QED) is 0.209. The standard InChI is InChI=1S/C16H33N3O3.HI/c1-3-20-10-5-4-8-18-16(17-2)19-9-6-11-21-13-15-7-12-22-14-15;/h15H,3-14H2,1-2H3,(H2,17,18,19);1H. The van der Waals surface area contributed by atoms with E-state index in [0.29, 0.717) is 5.92 Å². The molecule has 0 aromatic heterocycles. The average molecular weight is 443 g/mol. The van der Waals surface area contributed by atoms with Crippen LogP contribution in [0.2, 0.25) is 0 Å². The minimum absolute atomic E-state index is 0. The van der Waals surface area contributed by atoms with Crippen LogP contribution in [0.5, 0.6) is 0 Å². The molecule has 0 spiro atoms. The first-order valence-electron chi connectivity index (χ1n) is 8.54. The Morgan fingerprint density at radius 1 is 1.13 bits per heavy atom. The molecule has 1 rings (SSSR count). The molecule has 1 saturated heterocycles. The number of ether oxygens (including phenoxy) is 3. The number of guanidine groups is 1. The summed E-state index contributed by atoms with van der Waals surface area (Å²) in [7, 11) is 1.80. The number of aliphatic imine (C=N–C) groups is 1. The molecule has 1 atom stereocenters.